The molecule has 1 aliphatic rings. The minimum absolute atomic E-state index is 0.0210. The van der Waals surface area contributed by atoms with Crippen LogP contribution in [0.5, 0.6) is 17.2 Å². The first kappa shape index (κ1) is 21.0. The van der Waals surface area contributed by atoms with E-state index in [0.717, 1.165) is 48.9 Å². The fourth-order valence-electron chi connectivity index (χ4n) is 3.23. The zero-order valence-corrected chi connectivity index (χ0v) is 17.2. The molecular weight excluding hydrogens is 368 g/mol. The van der Waals surface area contributed by atoms with Crippen molar-refractivity contribution in [2.24, 2.45) is 0 Å². The summed E-state index contributed by atoms with van der Waals surface area (Å²) < 4.78 is 16.8. The maximum Gasteiger partial charge on any atom is 0.224 e. The van der Waals surface area contributed by atoms with Crippen molar-refractivity contribution in [2.75, 3.05) is 39.2 Å². The molecule has 1 N–H and O–H groups in total. The number of carbonyl (C=O) groups is 1. The van der Waals surface area contributed by atoms with Gasteiger partial charge in [0.1, 0.15) is 23.4 Å². The first-order valence-electron chi connectivity index (χ1n) is 10.1. The Hall–Kier alpha value is -2.73. The highest BCUT2D eigenvalue weighted by atomic mass is 16.5. The number of benzene rings is 2. The van der Waals surface area contributed by atoms with Crippen LogP contribution in [0.15, 0.2) is 48.5 Å². The van der Waals surface area contributed by atoms with Crippen molar-refractivity contribution in [3.05, 3.63) is 48.5 Å². The van der Waals surface area contributed by atoms with Gasteiger partial charge in [0.15, 0.2) is 0 Å². The highest BCUT2D eigenvalue weighted by Crippen LogP contribution is 2.21. The lowest BCUT2D eigenvalue weighted by Gasteiger charge is -2.29. The van der Waals surface area contributed by atoms with Gasteiger partial charge in [-0.15, -0.1) is 0 Å². The summed E-state index contributed by atoms with van der Waals surface area (Å²) in [5.74, 6) is 2.39. The Morgan fingerprint density at radius 3 is 2.28 bits per heavy atom. The Morgan fingerprint density at radius 2 is 1.62 bits per heavy atom. The molecule has 1 aliphatic heterocycles. The lowest BCUT2D eigenvalue weighted by atomic mass is 10.1. The largest absolute Gasteiger partial charge is 0.497 e. The smallest absolute Gasteiger partial charge is 0.224 e. The SMILES string of the molecule is COc1ccc(OCCCC(=O)Nc2ccc(OC3CCN(C)CC3)cc2)cc1. The number of rotatable bonds is 9. The molecular formula is C23H30N2O4. The van der Waals surface area contributed by atoms with Gasteiger partial charge in [-0.1, -0.05) is 0 Å². The minimum atomic E-state index is -0.0210. The third kappa shape index (κ3) is 6.98. The molecule has 1 amide bonds. The van der Waals surface area contributed by atoms with Crippen LogP contribution in [0.25, 0.3) is 0 Å². The van der Waals surface area contributed by atoms with Gasteiger partial charge in [-0.3, -0.25) is 4.79 Å². The summed E-state index contributed by atoms with van der Waals surface area (Å²) in [5, 5.41) is 2.92. The molecule has 0 atom stereocenters. The van der Waals surface area contributed by atoms with Gasteiger partial charge >= 0.3 is 0 Å². The van der Waals surface area contributed by atoms with Gasteiger partial charge in [-0.25, -0.2) is 0 Å². The fourth-order valence-corrected chi connectivity index (χ4v) is 3.23. The number of amides is 1. The number of methoxy groups -OCH3 is 1. The van der Waals surface area contributed by atoms with Crippen LogP contribution in [0.4, 0.5) is 5.69 Å². The van der Waals surface area contributed by atoms with Crippen molar-refractivity contribution in [3.63, 3.8) is 0 Å². The minimum Gasteiger partial charge on any atom is -0.497 e. The predicted molar refractivity (Wildman–Crippen MR) is 114 cm³/mol. The molecule has 1 heterocycles. The molecule has 1 saturated heterocycles. The standard InChI is InChI=1S/C23H30N2O4/c1-25-15-13-22(14-16-25)29-21-7-5-18(6-8-21)24-23(26)4-3-17-28-20-11-9-19(27-2)10-12-20/h5-12,22H,3-4,13-17H2,1-2H3,(H,24,26). The maximum atomic E-state index is 12.1. The number of nitrogens with one attached hydrogen (secondary N) is 1. The summed E-state index contributed by atoms with van der Waals surface area (Å²) in [6.45, 7) is 2.63. The van der Waals surface area contributed by atoms with E-state index in [-0.39, 0.29) is 12.0 Å². The number of hydrogen-bond acceptors (Lipinski definition) is 5. The summed E-state index contributed by atoms with van der Waals surface area (Å²) in [6.07, 6.45) is 3.43. The molecule has 0 aromatic heterocycles. The van der Waals surface area contributed by atoms with E-state index < -0.39 is 0 Å². The molecule has 0 spiro atoms. The Balaban J connectivity index is 1.34. The molecule has 6 nitrogen and oxygen atoms in total. The van der Waals surface area contributed by atoms with E-state index in [1.54, 1.807) is 7.11 Å². The van der Waals surface area contributed by atoms with Crippen molar-refractivity contribution in [1.29, 1.82) is 0 Å². The Kier molecular flexibility index (Phi) is 7.76. The summed E-state index contributed by atoms with van der Waals surface area (Å²) in [6, 6.07) is 15.0. The van der Waals surface area contributed by atoms with E-state index in [4.69, 9.17) is 14.2 Å². The number of hydrogen-bond donors (Lipinski definition) is 1. The lowest BCUT2D eigenvalue weighted by molar-refractivity contribution is -0.116. The van der Waals surface area contributed by atoms with E-state index in [9.17, 15) is 4.79 Å². The average molecular weight is 399 g/mol. The van der Waals surface area contributed by atoms with E-state index in [1.165, 1.54) is 0 Å². The van der Waals surface area contributed by atoms with Gasteiger partial charge in [0.05, 0.1) is 13.7 Å². The van der Waals surface area contributed by atoms with E-state index >= 15 is 0 Å². The number of carbonyl (C=O) groups excluding carboxylic acids is 1. The van der Waals surface area contributed by atoms with Crippen molar-refractivity contribution in [3.8, 4) is 17.2 Å². The summed E-state index contributed by atoms with van der Waals surface area (Å²) in [7, 11) is 3.77. The van der Waals surface area contributed by atoms with E-state index in [2.05, 4.69) is 17.3 Å². The number of likely N-dealkylation sites (tertiary alicyclic amines) is 1. The predicted octanol–water partition coefficient (Wildman–Crippen LogP) is 3.97. The molecule has 2 aromatic rings. The normalized spacial score (nSPS) is 15.0. The molecule has 156 valence electrons. The molecule has 1 fully saturated rings. The molecule has 0 bridgehead atoms. The summed E-state index contributed by atoms with van der Waals surface area (Å²) >= 11 is 0. The third-order valence-corrected chi connectivity index (χ3v) is 4.98. The van der Waals surface area contributed by atoms with E-state index in [0.29, 0.717) is 19.4 Å². The van der Waals surface area contributed by atoms with Crippen molar-refractivity contribution in [1.82, 2.24) is 4.90 Å². The molecule has 0 radical (unpaired) electrons. The van der Waals surface area contributed by atoms with Gasteiger partial charge in [0.25, 0.3) is 0 Å². The highest BCUT2D eigenvalue weighted by molar-refractivity contribution is 5.90. The van der Waals surface area contributed by atoms with Gasteiger partial charge in [-0.2, -0.15) is 0 Å². The summed E-state index contributed by atoms with van der Waals surface area (Å²) in [5.41, 5.74) is 0.779. The maximum absolute atomic E-state index is 12.1. The number of anilines is 1. The second kappa shape index (κ2) is 10.7. The van der Waals surface area contributed by atoms with Gasteiger partial charge in [0, 0.05) is 25.2 Å². The van der Waals surface area contributed by atoms with Gasteiger partial charge in [-0.05, 0) is 74.8 Å². The number of piperidine rings is 1. The topological polar surface area (TPSA) is 60.0 Å². The van der Waals surface area contributed by atoms with Crippen LogP contribution < -0.4 is 19.5 Å². The van der Waals surface area contributed by atoms with Crippen LogP contribution in [0.2, 0.25) is 0 Å². The highest BCUT2D eigenvalue weighted by Gasteiger charge is 2.17. The molecule has 0 saturated carbocycles. The second-order valence-corrected chi connectivity index (χ2v) is 7.32. The van der Waals surface area contributed by atoms with Crippen molar-refractivity contribution in [2.45, 2.75) is 31.8 Å². The van der Waals surface area contributed by atoms with E-state index in [1.807, 2.05) is 48.5 Å². The average Bonchev–Trinajstić information content (AvgIpc) is 2.75. The third-order valence-electron chi connectivity index (χ3n) is 4.98. The molecule has 3 rings (SSSR count). The van der Waals surface area contributed by atoms with Crippen LogP contribution in [0, 0.1) is 0 Å². The second-order valence-electron chi connectivity index (χ2n) is 7.32. The molecule has 29 heavy (non-hydrogen) atoms. The van der Waals surface area contributed by atoms with Gasteiger partial charge in [0.2, 0.25) is 5.91 Å². The van der Waals surface area contributed by atoms with Crippen molar-refractivity contribution < 1.29 is 19.0 Å². The molecule has 2 aromatic carbocycles. The van der Waals surface area contributed by atoms with Crippen LogP contribution in [-0.2, 0) is 4.79 Å². The zero-order valence-electron chi connectivity index (χ0n) is 17.2. The quantitative estimate of drug-likeness (QED) is 0.648. The number of ether oxygens (including phenoxy) is 3. The van der Waals surface area contributed by atoms with Crippen LogP contribution in [0.3, 0.4) is 0 Å². The molecule has 0 unspecified atom stereocenters. The summed E-state index contributed by atoms with van der Waals surface area (Å²) in [4.78, 5) is 14.4. The molecule has 0 aliphatic carbocycles. The first-order chi connectivity index (χ1) is 14.1. The first-order valence-corrected chi connectivity index (χ1v) is 10.1. The Labute approximate surface area is 172 Å². The Morgan fingerprint density at radius 1 is 1.00 bits per heavy atom. The fraction of sp³-hybridized carbons (Fsp3) is 0.435. The zero-order chi connectivity index (χ0) is 20.5. The lowest BCUT2D eigenvalue weighted by Crippen LogP contribution is -2.35. The van der Waals surface area contributed by atoms with Crippen molar-refractivity contribution >= 4 is 11.6 Å². The molecule has 6 heteroatoms. The van der Waals surface area contributed by atoms with Crippen LogP contribution >= 0.6 is 0 Å². The van der Waals surface area contributed by atoms with Gasteiger partial charge < -0.3 is 24.4 Å². The number of nitrogens with zero attached hydrogens (tertiary/aromatic N) is 1. The Bertz CT molecular complexity index is 753. The van der Waals surface area contributed by atoms with Crippen LogP contribution in [-0.4, -0.2) is 50.8 Å². The van der Waals surface area contributed by atoms with Crippen LogP contribution in [0.1, 0.15) is 25.7 Å². The monoisotopic (exact) mass is 398 g/mol.